The number of nitrogens with one attached hydrogen (secondary N) is 1. The van der Waals surface area contributed by atoms with Gasteiger partial charge >= 0.3 is 18.1 Å². The molecule has 9 nitrogen and oxygen atoms in total. The van der Waals surface area contributed by atoms with Crippen molar-refractivity contribution >= 4 is 44.6 Å². The number of hydrogen-bond acceptors (Lipinski definition) is 5. The Hall–Kier alpha value is -3.16. The second kappa shape index (κ2) is 9.54. The fraction of sp³-hybridized carbons (Fsp3) is 0.167. The van der Waals surface area contributed by atoms with Crippen molar-refractivity contribution in [3.05, 3.63) is 59.4 Å². The van der Waals surface area contributed by atoms with Gasteiger partial charge in [-0.3, -0.25) is 4.79 Å². The van der Waals surface area contributed by atoms with Crippen LogP contribution in [0.25, 0.3) is 11.0 Å². The smallest absolute Gasteiger partial charge is 0.480 e. The van der Waals surface area contributed by atoms with Crippen molar-refractivity contribution in [2.24, 2.45) is 0 Å². The highest BCUT2D eigenvalue weighted by Gasteiger charge is 2.38. The molecule has 0 aliphatic carbocycles. The molecule has 0 saturated heterocycles. The van der Waals surface area contributed by atoms with E-state index in [2.05, 4.69) is 9.97 Å². The molecule has 1 unspecified atom stereocenters. The van der Waals surface area contributed by atoms with Gasteiger partial charge in [0, 0.05) is 19.4 Å². The maximum atomic E-state index is 13.0. The van der Waals surface area contributed by atoms with Gasteiger partial charge in [-0.05, 0) is 11.6 Å². The predicted molar refractivity (Wildman–Crippen MR) is 107 cm³/mol. The molecule has 1 aromatic carbocycles. The van der Waals surface area contributed by atoms with Gasteiger partial charge < -0.3 is 15.2 Å². The molecule has 1 atom stereocenters. The number of aromatic nitrogens is 2. The van der Waals surface area contributed by atoms with Crippen LogP contribution in [0.5, 0.6) is 0 Å². The summed E-state index contributed by atoms with van der Waals surface area (Å²) >= 11 is 6.11. The van der Waals surface area contributed by atoms with Gasteiger partial charge in [0.25, 0.3) is 0 Å². The lowest BCUT2D eigenvalue weighted by atomic mass is 10.1. The molecule has 2 heterocycles. The Kier molecular flexibility index (Phi) is 7.49. The number of carboxylic acid groups (broad SMARTS) is 2. The average Bonchev–Trinajstić information content (AvgIpc) is 3.15. The summed E-state index contributed by atoms with van der Waals surface area (Å²) in [5.41, 5.74) is 0.663. The fourth-order valence-corrected chi connectivity index (χ4v) is 4.40. The lowest BCUT2D eigenvalue weighted by Crippen LogP contribution is -2.35. The van der Waals surface area contributed by atoms with Crippen LogP contribution in [0.2, 0.25) is 5.02 Å². The van der Waals surface area contributed by atoms with E-state index in [1.54, 1.807) is 30.3 Å². The number of halogens is 4. The van der Waals surface area contributed by atoms with Crippen molar-refractivity contribution in [1.82, 2.24) is 14.3 Å². The van der Waals surface area contributed by atoms with Crippen LogP contribution in [0.15, 0.2) is 53.7 Å². The molecule has 3 aromatic rings. The predicted octanol–water partition coefficient (Wildman–Crippen LogP) is 3.30. The van der Waals surface area contributed by atoms with E-state index in [1.165, 1.54) is 25.5 Å². The summed E-state index contributed by atoms with van der Waals surface area (Å²) in [6.45, 7) is 0. The molecule has 3 N–H and O–H groups in total. The summed E-state index contributed by atoms with van der Waals surface area (Å²) in [6.07, 6.45) is -2.37. The normalized spacial score (nSPS) is 12.8. The fourth-order valence-electron chi connectivity index (χ4n) is 2.63. The summed E-state index contributed by atoms with van der Waals surface area (Å²) in [4.78, 5) is 27.3. The van der Waals surface area contributed by atoms with Crippen LogP contribution in [-0.4, -0.2) is 58.1 Å². The third-order valence-corrected chi connectivity index (χ3v) is 6.26. The van der Waals surface area contributed by atoms with Crippen molar-refractivity contribution in [3.63, 3.8) is 0 Å². The summed E-state index contributed by atoms with van der Waals surface area (Å²) in [5, 5.41) is 17.1. The Morgan fingerprint density at radius 1 is 1.16 bits per heavy atom. The third kappa shape index (κ3) is 5.36. The molecule has 0 spiro atoms. The lowest BCUT2D eigenvalue weighted by molar-refractivity contribution is -0.192. The van der Waals surface area contributed by atoms with E-state index in [0.717, 1.165) is 4.31 Å². The SMILES string of the molecule is CN(C(C(=O)O)c1ccccc1)S(=O)(=O)c1c[nH]c2nccc(Cl)c12.O=C(O)C(F)(F)F. The van der Waals surface area contributed by atoms with Crippen LogP contribution in [-0.2, 0) is 19.6 Å². The molecule has 0 aliphatic heterocycles. The first-order valence-electron chi connectivity index (χ1n) is 8.46. The number of likely N-dealkylation sites (N-methyl/N-ethyl adjacent to an activating group) is 1. The number of benzene rings is 1. The number of H-pyrrole nitrogens is 1. The second-order valence-electron chi connectivity index (χ2n) is 6.14. The Morgan fingerprint density at radius 3 is 2.22 bits per heavy atom. The van der Waals surface area contributed by atoms with Gasteiger partial charge in [0.2, 0.25) is 10.0 Å². The highest BCUT2D eigenvalue weighted by atomic mass is 35.5. The third-order valence-electron chi connectivity index (χ3n) is 4.10. The van der Waals surface area contributed by atoms with E-state index in [4.69, 9.17) is 21.5 Å². The van der Waals surface area contributed by atoms with E-state index < -0.39 is 34.2 Å². The van der Waals surface area contributed by atoms with Crippen molar-refractivity contribution in [3.8, 4) is 0 Å². The summed E-state index contributed by atoms with van der Waals surface area (Å²) < 4.78 is 58.6. The topological polar surface area (TPSA) is 141 Å². The molecule has 0 amide bonds. The van der Waals surface area contributed by atoms with E-state index in [1.807, 2.05) is 0 Å². The number of aliphatic carboxylic acids is 2. The van der Waals surface area contributed by atoms with Gasteiger partial charge in [0.05, 0.1) is 10.4 Å². The number of aromatic amines is 1. The van der Waals surface area contributed by atoms with E-state index in [-0.39, 0.29) is 15.3 Å². The summed E-state index contributed by atoms with van der Waals surface area (Å²) in [5.74, 6) is -4.03. The summed E-state index contributed by atoms with van der Waals surface area (Å²) in [7, 11) is -2.91. The second-order valence-corrected chi connectivity index (χ2v) is 8.52. The Labute approximate surface area is 184 Å². The molecule has 2 aromatic heterocycles. The van der Waals surface area contributed by atoms with Crippen LogP contribution in [0.4, 0.5) is 13.2 Å². The molecule has 0 radical (unpaired) electrons. The first kappa shape index (κ1) is 25.1. The molecular weight excluding hydrogens is 479 g/mol. The number of nitrogens with zero attached hydrogens (tertiary/aromatic N) is 2. The maximum absolute atomic E-state index is 13.0. The number of carbonyl (C=O) groups is 2. The van der Waals surface area contributed by atoms with Crippen molar-refractivity contribution in [1.29, 1.82) is 0 Å². The van der Waals surface area contributed by atoms with E-state index >= 15 is 0 Å². The molecule has 0 saturated carbocycles. The largest absolute Gasteiger partial charge is 0.490 e. The number of fused-ring (bicyclic) bond motifs is 1. The standard InChI is InChI=1S/C16H14ClN3O4S.C2HF3O2/c1-20(14(16(21)22)10-5-3-2-4-6-10)25(23,24)12-9-19-15-13(12)11(17)7-8-18-15;3-2(4,5)1(6)7/h2-9,14H,1H3,(H,18,19)(H,21,22);(H,6,7). The van der Waals surface area contributed by atoms with E-state index in [9.17, 15) is 31.5 Å². The molecular formula is C18H15ClF3N3O6S. The number of sulfonamides is 1. The zero-order chi connectivity index (χ0) is 24.3. The van der Waals surface area contributed by atoms with Gasteiger partial charge in [-0.25, -0.2) is 18.2 Å². The highest BCUT2D eigenvalue weighted by molar-refractivity contribution is 7.89. The molecule has 172 valence electrons. The zero-order valence-corrected chi connectivity index (χ0v) is 17.6. The molecule has 0 aliphatic rings. The van der Waals surface area contributed by atoms with Gasteiger partial charge in [0.1, 0.15) is 16.6 Å². The first-order chi connectivity index (χ1) is 14.8. The van der Waals surface area contributed by atoms with Gasteiger partial charge in [-0.15, -0.1) is 0 Å². The minimum atomic E-state index is -5.08. The molecule has 0 bridgehead atoms. The molecule has 14 heteroatoms. The Bertz CT molecular complexity index is 1230. The van der Waals surface area contributed by atoms with Gasteiger partial charge in [0.15, 0.2) is 0 Å². The first-order valence-corrected chi connectivity index (χ1v) is 10.3. The average molecular weight is 494 g/mol. The van der Waals surface area contributed by atoms with Crippen LogP contribution < -0.4 is 0 Å². The van der Waals surface area contributed by atoms with Gasteiger partial charge in [-0.1, -0.05) is 41.9 Å². The number of alkyl halides is 3. The molecule has 32 heavy (non-hydrogen) atoms. The minimum Gasteiger partial charge on any atom is -0.480 e. The van der Waals surface area contributed by atoms with Crippen LogP contribution in [0.3, 0.4) is 0 Å². The number of rotatable bonds is 5. The van der Waals surface area contributed by atoms with Crippen molar-refractivity contribution in [2.45, 2.75) is 17.1 Å². The number of pyridine rings is 1. The van der Waals surface area contributed by atoms with E-state index in [0.29, 0.717) is 11.2 Å². The van der Waals surface area contributed by atoms with Crippen LogP contribution in [0.1, 0.15) is 11.6 Å². The summed E-state index contributed by atoms with van der Waals surface area (Å²) in [6, 6.07) is 8.26. The Balaban J connectivity index is 0.000000451. The number of hydrogen-bond donors (Lipinski definition) is 3. The Morgan fingerprint density at radius 2 is 1.72 bits per heavy atom. The minimum absolute atomic E-state index is 0.120. The zero-order valence-electron chi connectivity index (χ0n) is 16.0. The highest BCUT2D eigenvalue weighted by Crippen LogP contribution is 2.33. The molecule has 3 rings (SSSR count). The van der Waals surface area contributed by atoms with Crippen molar-refractivity contribution in [2.75, 3.05) is 7.05 Å². The lowest BCUT2D eigenvalue weighted by Gasteiger charge is -2.24. The number of carboxylic acids is 2. The quantitative estimate of drug-likeness (QED) is 0.495. The van der Waals surface area contributed by atoms with Gasteiger partial charge in [-0.2, -0.15) is 17.5 Å². The van der Waals surface area contributed by atoms with Crippen LogP contribution >= 0.6 is 11.6 Å². The molecule has 0 fully saturated rings. The van der Waals surface area contributed by atoms with Crippen LogP contribution in [0, 0.1) is 0 Å². The van der Waals surface area contributed by atoms with Crippen molar-refractivity contribution < 1.29 is 41.4 Å². The monoisotopic (exact) mass is 493 g/mol. The maximum Gasteiger partial charge on any atom is 0.490 e.